The molecule has 3 aromatic heterocycles. The summed E-state index contributed by atoms with van der Waals surface area (Å²) in [5.41, 5.74) is 0.456. The van der Waals surface area contributed by atoms with Crippen LogP contribution in [0.1, 0.15) is 19.2 Å². The summed E-state index contributed by atoms with van der Waals surface area (Å²) in [4.78, 5) is 34.8. The number of fused-ring (bicyclic) bond motifs is 1. The van der Waals surface area contributed by atoms with Gasteiger partial charge in [-0.3, -0.25) is 14.5 Å². The summed E-state index contributed by atoms with van der Waals surface area (Å²) in [5, 5.41) is 5.12. The predicted molar refractivity (Wildman–Crippen MR) is 114 cm³/mol. The van der Waals surface area contributed by atoms with Gasteiger partial charge in [0.05, 0.1) is 36.2 Å². The van der Waals surface area contributed by atoms with Crippen molar-refractivity contribution in [3.63, 3.8) is 0 Å². The highest BCUT2D eigenvalue weighted by atomic mass is 32.2. The predicted octanol–water partition coefficient (Wildman–Crippen LogP) is 1.37. The lowest BCUT2D eigenvalue weighted by atomic mass is 10.2. The largest absolute Gasteiger partial charge is 0.464 e. The molecule has 160 valence electrons. The quantitative estimate of drug-likeness (QED) is 0.557. The summed E-state index contributed by atoms with van der Waals surface area (Å²) in [6, 6.07) is 3.23. The number of aromatic nitrogens is 2. The van der Waals surface area contributed by atoms with Crippen molar-refractivity contribution in [2.24, 2.45) is 0 Å². The number of aromatic amines is 1. The average molecular weight is 451 g/mol. The van der Waals surface area contributed by atoms with Crippen molar-refractivity contribution < 1.29 is 17.6 Å². The van der Waals surface area contributed by atoms with Gasteiger partial charge in [0.15, 0.2) is 9.84 Å². The van der Waals surface area contributed by atoms with E-state index >= 15 is 0 Å². The molecule has 0 bridgehead atoms. The number of carbonyl (C=O) groups is 1. The number of thiophene rings is 1. The first-order chi connectivity index (χ1) is 14.3. The molecule has 3 aromatic rings. The van der Waals surface area contributed by atoms with Gasteiger partial charge in [-0.2, -0.15) is 0 Å². The van der Waals surface area contributed by atoms with Crippen molar-refractivity contribution in [1.29, 1.82) is 0 Å². The van der Waals surface area contributed by atoms with Gasteiger partial charge in [-0.05, 0) is 25.1 Å². The monoisotopic (exact) mass is 450 g/mol. The molecule has 0 saturated carbocycles. The van der Waals surface area contributed by atoms with Crippen molar-refractivity contribution in [2.75, 3.05) is 24.6 Å². The molecule has 1 fully saturated rings. The topological polar surface area (TPSA) is 125 Å². The van der Waals surface area contributed by atoms with Gasteiger partial charge in [-0.1, -0.05) is 6.92 Å². The summed E-state index contributed by atoms with van der Waals surface area (Å²) in [6.45, 7) is 2.87. The second-order valence-corrected chi connectivity index (χ2v) is 10.4. The lowest BCUT2D eigenvalue weighted by Gasteiger charge is -2.20. The van der Waals surface area contributed by atoms with Crippen LogP contribution in [0.3, 0.4) is 0 Å². The molecule has 0 spiro atoms. The second-order valence-electron chi connectivity index (χ2n) is 7.29. The molecule has 0 aliphatic carbocycles. The smallest absolute Gasteiger partial charge is 0.260 e. The molecule has 0 unspecified atom stereocenters. The van der Waals surface area contributed by atoms with Crippen LogP contribution in [0.4, 0.5) is 0 Å². The minimum Gasteiger partial charge on any atom is -0.464 e. The fraction of sp³-hybridized carbons (Fsp3) is 0.421. The van der Waals surface area contributed by atoms with Gasteiger partial charge in [-0.15, -0.1) is 11.3 Å². The molecule has 0 aromatic carbocycles. The molecule has 30 heavy (non-hydrogen) atoms. The number of sulfone groups is 1. The Labute approximate surface area is 177 Å². The molecule has 1 saturated heterocycles. The molecule has 9 nitrogen and oxygen atoms in total. The van der Waals surface area contributed by atoms with Crippen LogP contribution in [0.5, 0.6) is 0 Å². The van der Waals surface area contributed by atoms with Crippen molar-refractivity contribution in [2.45, 2.75) is 25.9 Å². The lowest BCUT2D eigenvalue weighted by molar-refractivity contribution is -0.122. The molecular weight excluding hydrogens is 428 g/mol. The molecular formula is C19H22N4O5S2. The van der Waals surface area contributed by atoms with E-state index < -0.39 is 9.84 Å². The van der Waals surface area contributed by atoms with Crippen LogP contribution in [-0.4, -0.2) is 59.8 Å². The van der Waals surface area contributed by atoms with E-state index in [2.05, 4.69) is 15.3 Å². The van der Waals surface area contributed by atoms with E-state index in [1.54, 1.807) is 18.4 Å². The van der Waals surface area contributed by atoms with E-state index in [1.165, 1.54) is 11.3 Å². The Balaban J connectivity index is 1.46. The molecule has 1 aliphatic heterocycles. The van der Waals surface area contributed by atoms with E-state index in [4.69, 9.17) is 4.42 Å². The third-order valence-corrected chi connectivity index (χ3v) is 7.71. The molecule has 0 radical (unpaired) electrons. The Bertz CT molecular complexity index is 1210. The summed E-state index contributed by atoms with van der Waals surface area (Å²) < 4.78 is 28.5. The number of amides is 1. The Hall–Kier alpha value is -2.50. The maximum atomic E-state index is 12.7. The summed E-state index contributed by atoms with van der Waals surface area (Å²) in [6.07, 6.45) is 2.00. The van der Waals surface area contributed by atoms with Gasteiger partial charge >= 0.3 is 0 Å². The second kappa shape index (κ2) is 8.32. The number of hydrogen-bond donors (Lipinski definition) is 2. The van der Waals surface area contributed by atoms with Crippen molar-refractivity contribution in [3.8, 4) is 11.3 Å². The highest BCUT2D eigenvalue weighted by molar-refractivity contribution is 7.91. The summed E-state index contributed by atoms with van der Waals surface area (Å²) in [7, 11) is -3.05. The van der Waals surface area contributed by atoms with Gasteiger partial charge in [0.25, 0.3) is 5.56 Å². The molecule has 1 aliphatic rings. The number of rotatable bonds is 7. The van der Waals surface area contributed by atoms with Crippen molar-refractivity contribution >= 4 is 37.3 Å². The zero-order valence-corrected chi connectivity index (χ0v) is 18.0. The lowest BCUT2D eigenvalue weighted by Crippen LogP contribution is -2.42. The van der Waals surface area contributed by atoms with Gasteiger partial charge in [0.1, 0.15) is 16.4 Å². The first-order valence-corrected chi connectivity index (χ1v) is 12.3. The molecule has 2 N–H and O–H groups in total. The molecule has 4 heterocycles. The van der Waals surface area contributed by atoms with E-state index in [9.17, 15) is 18.0 Å². The molecule has 1 atom stereocenters. The third kappa shape index (κ3) is 4.47. The van der Waals surface area contributed by atoms with Crippen molar-refractivity contribution in [3.05, 3.63) is 40.0 Å². The molecule has 11 heteroatoms. The van der Waals surface area contributed by atoms with Gasteiger partial charge in [0.2, 0.25) is 5.91 Å². The van der Waals surface area contributed by atoms with Crippen LogP contribution in [-0.2, 0) is 21.2 Å². The van der Waals surface area contributed by atoms with E-state index in [0.29, 0.717) is 46.9 Å². The third-order valence-electron chi connectivity index (χ3n) is 5.06. The molecule has 4 rings (SSSR count). The maximum absolute atomic E-state index is 12.7. The zero-order valence-electron chi connectivity index (χ0n) is 16.4. The fourth-order valence-electron chi connectivity index (χ4n) is 3.56. The number of carbonyl (C=O) groups excluding carboxylic acids is 1. The Morgan fingerprint density at radius 2 is 2.30 bits per heavy atom. The van der Waals surface area contributed by atoms with Crippen LogP contribution in [0, 0.1) is 0 Å². The number of furan rings is 1. The van der Waals surface area contributed by atoms with Crippen LogP contribution >= 0.6 is 11.3 Å². The van der Waals surface area contributed by atoms with Crippen LogP contribution in [0.2, 0.25) is 0 Å². The number of likely N-dealkylation sites (N-methyl/N-ethyl adjacent to an activating group) is 1. The average Bonchev–Trinajstić information content (AvgIpc) is 3.40. The number of H-pyrrole nitrogens is 1. The Morgan fingerprint density at radius 3 is 2.97 bits per heavy atom. The van der Waals surface area contributed by atoms with Crippen LogP contribution in [0.25, 0.3) is 21.5 Å². The van der Waals surface area contributed by atoms with Crippen LogP contribution < -0.4 is 10.9 Å². The van der Waals surface area contributed by atoms with Gasteiger partial charge < -0.3 is 14.7 Å². The Morgan fingerprint density at radius 1 is 1.47 bits per heavy atom. The van der Waals surface area contributed by atoms with Crippen LogP contribution in [0.15, 0.2) is 33.0 Å². The number of nitrogens with one attached hydrogen (secondary N) is 2. The van der Waals surface area contributed by atoms with E-state index in [0.717, 1.165) is 0 Å². The standard InChI is InChI=1S/C19H22N4O5S2/c1-2-23(9-16(24)20-12-5-7-30(26,27)11-12)8-15-21-18(25)17-13(10-29-19(17)22-15)14-4-3-6-28-14/h3-4,6,10,12H,2,5,7-9,11H2,1H3,(H,20,24)(H,21,22,25)/t12-/m0/s1. The minimum atomic E-state index is -3.05. The number of hydrogen-bond acceptors (Lipinski definition) is 8. The highest BCUT2D eigenvalue weighted by Gasteiger charge is 2.29. The van der Waals surface area contributed by atoms with Gasteiger partial charge in [0, 0.05) is 17.0 Å². The summed E-state index contributed by atoms with van der Waals surface area (Å²) >= 11 is 1.36. The first kappa shape index (κ1) is 20.8. The normalized spacial score (nSPS) is 18.3. The summed E-state index contributed by atoms with van der Waals surface area (Å²) in [5.74, 6) is 0.952. The van der Waals surface area contributed by atoms with E-state index in [-0.39, 0.29) is 35.6 Å². The zero-order chi connectivity index (χ0) is 21.3. The number of nitrogens with zero attached hydrogens (tertiary/aromatic N) is 2. The fourth-order valence-corrected chi connectivity index (χ4v) is 6.18. The minimum absolute atomic E-state index is 0.00716. The Kier molecular flexibility index (Phi) is 5.76. The van der Waals surface area contributed by atoms with E-state index in [1.807, 2.05) is 17.2 Å². The van der Waals surface area contributed by atoms with Gasteiger partial charge in [-0.25, -0.2) is 13.4 Å². The molecule has 1 amide bonds. The highest BCUT2D eigenvalue weighted by Crippen LogP contribution is 2.30. The maximum Gasteiger partial charge on any atom is 0.260 e. The van der Waals surface area contributed by atoms with Crippen molar-refractivity contribution in [1.82, 2.24) is 20.2 Å². The first-order valence-electron chi connectivity index (χ1n) is 9.61. The SMILES string of the molecule is CCN(CC(=O)N[C@H]1CCS(=O)(=O)C1)Cc1nc2scc(-c3ccco3)c2c(=O)[nH]1.